The number of nitrogens with two attached hydrogens (primary N) is 1. The van der Waals surface area contributed by atoms with Crippen LogP contribution in [0.25, 0.3) is 0 Å². The van der Waals surface area contributed by atoms with E-state index in [1.807, 2.05) is 37.3 Å². The number of nitrogens with zero attached hydrogens (tertiary/aromatic N) is 1. The van der Waals surface area contributed by atoms with Gasteiger partial charge >= 0.3 is 5.97 Å². The van der Waals surface area contributed by atoms with Crippen molar-refractivity contribution in [1.29, 1.82) is 0 Å². The first-order chi connectivity index (χ1) is 12.9. The first kappa shape index (κ1) is 20.0. The fourth-order valence-corrected chi connectivity index (χ4v) is 2.41. The Morgan fingerprint density at radius 3 is 2.22 bits per heavy atom. The van der Waals surface area contributed by atoms with Gasteiger partial charge in [-0.3, -0.25) is 9.59 Å². The number of rotatable bonds is 8. The molecular weight excluding hydrogens is 348 g/mol. The van der Waals surface area contributed by atoms with Crippen LogP contribution in [0.3, 0.4) is 0 Å². The summed E-state index contributed by atoms with van der Waals surface area (Å²) in [4.78, 5) is 37.2. The molecule has 0 saturated heterocycles. The molecule has 2 N–H and O–H groups in total. The number of primary amides is 1. The summed E-state index contributed by atoms with van der Waals surface area (Å²) in [5.41, 5.74) is 6.01. The largest absolute Gasteiger partial charge is 0.484 e. The van der Waals surface area contributed by atoms with E-state index in [1.165, 1.54) is 31.2 Å². The Morgan fingerprint density at radius 2 is 1.67 bits per heavy atom. The van der Waals surface area contributed by atoms with Crippen molar-refractivity contribution in [2.45, 2.75) is 20.0 Å². The minimum Gasteiger partial charge on any atom is -0.484 e. The second-order valence-corrected chi connectivity index (χ2v) is 5.74. The van der Waals surface area contributed by atoms with Gasteiger partial charge in [-0.1, -0.05) is 18.2 Å². The Balaban J connectivity index is 1.99. The SMILES string of the molecule is CCN(C(=O)[C@H](C)OC(=O)c1ccc(OCC(N)=O)cc1)c1ccccc1. The van der Waals surface area contributed by atoms with Gasteiger partial charge in [0.05, 0.1) is 5.56 Å². The summed E-state index contributed by atoms with van der Waals surface area (Å²) in [5, 5.41) is 0. The van der Waals surface area contributed by atoms with Crippen LogP contribution in [-0.4, -0.2) is 37.0 Å². The van der Waals surface area contributed by atoms with E-state index in [0.717, 1.165) is 5.69 Å². The van der Waals surface area contributed by atoms with E-state index >= 15 is 0 Å². The van der Waals surface area contributed by atoms with Crippen molar-refractivity contribution in [3.63, 3.8) is 0 Å². The Morgan fingerprint density at radius 1 is 1.04 bits per heavy atom. The third-order valence-electron chi connectivity index (χ3n) is 3.75. The molecule has 27 heavy (non-hydrogen) atoms. The van der Waals surface area contributed by atoms with Crippen LogP contribution in [0.2, 0.25) is 0 Å². The highest BCUT2D eigenvalue weighted by atomic mass is 16.5. The van der Waals surface area contributed by atoms with E-state index in [0.29, 0.717) is 12.3 Å². The molecule has 0 saturated carbocycles. The number of carbonyl (C=O) groups is 3. The Labute approximate surface area is 157 Å². The summed E-state index contributed by atoms with van der Waals surface area (Å²) in [6.07, 6.45) is -0.941. The molecule has 142 valence electrons. The average molecular weight is 370 g/mol. The van der Waals surface area contributed by atoms with Gasteiger partial charge in [-0.05, 0) is 50.2 Å². The second-order valence-electron chi connectivity index (χ2n) is 5.74. The molecule has 1 atom stereocenters. The van der Waals surface area contributed by atoms with E-state index in [2.05, 4.69) is 0 Å². The van der Waals surface area contributed by atoms with E-state index in [-0.39, 0.29) is 18.1 Å². The minimum atomic E-state index is -0.941. The molecule has 0 aliphatic rings. The zero-order valence-electron chi connectivity index (χ0n) is 15.3. The number of esters is 1. The lowest BCUT2D eigenvalue weighted by Gasteiger charge is -2.24. The van der Waals surface area contributed by atoms with Gasteiger partial charge in [-0.25, -0.2) is 4.79 Å². The maximum absolute atomic E-state index is 12.6. The fraction of sp³-hybridized carbons (Fsp3) is 0.250. The zero-order chi connectivity index (χ0) is 19.8. The number of carbonyl (C=O) groups excluding carboxylic acids is 3. The lowest BCUT2D eigenvalue weighted by molar-refractivity contribution is -0.126. The molecule has 0 aliphatic carbocycles. The van der Waals surface area contributed by atoms with Crippen LogP contribution in [0.4, 0.5) is 5.69 Å². The highest BCUT2D eigenvalue weighted by Gasteiger charge is 2.24. The topological polar surface area (TPSA) is 98.9 Å². The molecule has 7 nitrogen and oxygen atoms in total. The molecular formula is C20H22N2O5. The molecule has 2 aromatic rings. The van der Waals surface area contributed by atoms with Crippen LogP contribution >= 0.6 is 0 Å². The molecule has 0 aromatic heterocycles. The first-order valence-electron chi connectivity index (χ1n) is 8.51. The van der Waals surface area contributed by atoms with Gasteiger partial charge in [-0.15, -0.1) is 0 Å². The number of amides is 2. The Hall–Kier alpha value is -3.35. The fourth-order valence-electron chi connectivity index (χ4n) is 2.41. The zero-order valence-corrected chi connectivity index (χ0v) is 15.3. The number of benzene rings is 2. The van der Waals surface area contributed by atoms with Crippen LogP contribution in [0.1, 0.15) is 24.2 Å². The molecule has 2 rings (SSSR count). The summed E-state index contributed by atoms with van der Waals surface area (Å²) >= 11 is 0. The number of ether oxygens (including phenoxy) is 2. The number of hydrogen-bond acceptors (Lipinski definition) is 5. The van der Waals surface area contributed by atoms with Crippen LogP contribution in [0.15, 0.2) is 54.6 Å². The molecule has 0 heterocycles. The molecule has 2 amide bonds. The minimum absolute atomic E-state index is 0.248. The van der Waals surface area contributed by atoms with Gasteiger partial charge in [0.2, 0.25) is 0 Å². The molecule has 0 unspecified atom stereocenters. The van der Waals surface area contributed by atoms with Crippen LogP contribution < -0.4 is 15.4 Å². The Bertz CT molecular complexity index is 790. The van der Waals surface area contributed by atoms with Gasteiger partial charge < -0.3 is 20.1 Å². The van der Waals surface area contributed by atoms with Crippen molar-refractivity contribution in [3.05, 3.63) is 60.2 Å². The third-order valence-corrected chi connectivity index (χ3v) is 3.75. The van der Waals surface area contributed by atoms with Gasteiger partial charge in [-0.2, -0.15) is 0 Å². The second kappa shape index (κ2) is 9.38. The van der Waals surface area contributed by atoms with Gasteiger partial charge in [0.15, 0.2) is 12.7 Å². The molecule has 0 spiro atoms. The lowest BCUT2D eigenvalue weighted by atomic mass is 10.2. The molecule has 7 heteroatoms. The van der Waals surface area contributed by atoms with E-state index in [1.54, 1.807) is 4.90 Å². The number of hydrogen-bond donors (Lipinski definition) is 1. The summed E-state index contributed by atoms with van der Waals surface area (Å²) in [7, 11) is 0. The predicted molar refractivity (Wildman–Crippen MR) is 100 cm³/mol. The number of para-hydroxylation sites is 1. The van der Waals surface area contributed by atoms with Crippen molar-refractivity contribution in [3.8, 4) is 5.75 Å². The standard InChI is InChI=1S/C20H22N2O5/c1-3-22(16-7-5-4-6-8-16)19(24)14(2)27-20(25)15-9-11-17(12-10-15)26-13-18(21)23/h4-12,14H,3,13H2,1-2H3,(H2,21,23)/t14-/m0/s1. The maximum atomic E-state index is 12.6. The molecule has 0 radical (unpaired) electrons. The molecule has 2 aromatic carbocycles. The van der Waals surface area contributed by atoms with Gasteiger partial charge in [0.25, 0.3) is 11.8 Å². The van der Waals surface area contributed by atoms with E-state index in [9.17, 15) is 14.4 Å². The number of likely N-dealkylation sites (N-methyl/N-ethyl adjacent to an activating group) is 1. The smallest absolute Gasteiger partial charge is 0.338 e. The quantitative estimate of drug-likeness (QED) is 0.718. The summed E-state index contributed by atoms with van der Waals surface area (Å²) in [6, 6.07) is 15.2. The third kappa shape index (κ3) is 5.57. The van der Waals surface area contributed by atoms with E-state index in [4.69, 9.17) is 15.2 Å². The van der Waals surface area contributed by atoms with Crippen molar-refractivity contribution in [2.24, 2.45) is 5.73 Å². The molecule has 0 bridgehead atoms. The predicted octanol–water partition coefficient (Wildman–Crippen LogP) is 2.15. The number of anilines is 1. The molecule has 0 aliphatic heterocycles. The Kier molecular flexibility index (Phi) is 6.93. The van der Waals surface area contributed by atoms with Crippen molar-refractivity contribution < 1.29 is 23.9 Å². The molecule has 0 fully saturated rings. The van der Waals surface area contributed by atoms with Crippen molar-refractivity contribution in [1.82, 2.24) is 0 Å². The summed E-state index contributed by atoms with van der Waals surface area (Å²) in [6.45, 7) is 3.60. The van der Waals surface area contributed by atoms with Gasteiger partial charge in [0, 0.05) is 12.2 Å². The highest BCUT2D eigenvalue weighted by molar-refractivity contribution is 5.99. The maximum Gasteiger partial charge on any atom is 0.338 e. The van der Waals surface area contributed by atoms with Gasteiger partial charge in [0.1, 0.15) is 5.75 Å². The van der Waals surface area contributed by atoms with Crippen LogP contribution in [0.5, 0.6) is 5.75 Å². The monoisotopic (exact) mass is 370 g/mol. The first-order valence-corrected chi connectivity index (χ1v) is 8.51. The lowest BCUT2D eigenvalue weighted by Crippen LogP contribution is -2.40. The normalized spacial score (nSPS) is 11.3. The summed E-state index contributed by atoms with van der Waals surface area (Å²) in [5.74, 6) is -1.12. The highest BCUT2D eigenvalue weighted by Crippen LogP contribution is 2.17. The van der Waals surface area contributed by atoms with Crippen LogP contribution in [-0.2, 0) is 14.3 Å². The van der Waals surface area contributed by atoms with Crippen molar-refractivity contribution in [2.75, 3.05) is 18.1 Å². The van der Waals surface area contributed by atoms with Crippen molar-refractivity contribution >= 4 is 23.5 Å². The summed E-state index contributed by atoms with van der Waals surface area (Å²) < 4.78 is 10.4. The average Bonchev–Trinajstić information content (AvgIpc) is 2.68. The van der Waals surface area contributed by atoms with E-state index < -0.39 is 18.0 Å². The van der Waals surface area contributed by atoms with Crippen LogP contribution in [0, 0.1) is 0 Å².